The van der Waals surface area contributed by atoms with Crippen molar-refractivity contribution in [1.82, 2.24) is 15.0 Å². The molecule has 0 unspecified atom stereocenters. The van der Waals surface area contributed by atoms with E-state index in [2.05, 4.69) is 76.7 Å². The second kappa shape index (κ2) is 9.13. The molecule has 0 N–H and O–H groups in total. The first kappa shape index (κ1) is 21.2. The van der Waals surface area contributed by atoms with Crippen molar-refractivity contribution < 1.29 is 0 Å². The second-order valence-corrected chi connectivity index (χ2v) is 8.57. The van der Waals surface area contributed by atoms with Crippen LogP contribution < -0.4 is 0 Å². The average molecular weight is 470 g/mol. The summed E-state index contributed by atoms with van der Waals surface area (Å²) in [7, 11) is 0. The van der Waals surface area contributed by atoms with Crippen LogP contribution in [-0.4, -0.2) is 15.0 Å². The van der Waals surface area contributed by atoms with Gasteiger partial charge in [0, 0.05) is 11.1 Å². The summed E-state index contributed by atoms with van der Waals surface area (Å²) < 4.78 is 0. The Bertz CT molecular complexity index is 1660. The highest BCUT2D eigenvalue weighted by Gasteiger charge is 2.16. The summed E-state index contributed by atoms with van der Waals surface area (Å²) in [6.45, 7) is 0. The summed E-state index contributed by atoms with van der Waals surface area (Å²) in [5.74, 6) is 1.10. The molecule has 0 radical (unpaired) electrons. The van der Waals surface area contributed by atoms with Gasteiger partial charge in [-0.1, -0.05) is 121 Å². The second-order valence-electron chi connectivity index (χ2n) is 8.24. The Morgan fingerprint density at radius 1 is 0.400 bits per heavy atom. The number of hydrogen-bond acceptors (Lipinski definition) is 3. The van der Waals surface area contributed by atoms with Crippen molar-refractivity contribution in [3.8, 4) is 45.0 Å². The van der Waals surface area contributed by atoms with E-state index in [9.17, 15) is 0 Å². The molecule has 1 aromatic heterocycles. The SMILES string of the molecule is Clc1nc(-c2ccccc2-c2ccccc2)nc(-c2ccccc2-c2cccc3ccccc23)n1. The Morgan fingerprint density at radius 3 is 1.66 bits per heavy atom. The molecule has 0 aliphatic rings. The summed E-state index contributed by atoms with van der Waals surface area (Å²) in [4.78, 5) is 14.0. The lowest BCUT2D eigenvalue weighted by Gasteiger charge is -2.13. The molecule has 1 heterocycles. The Balaban J connectivity index is 1.54. The zero-order valence-electron chi connectivity index (χ0n) is 18.8. The van der Waals surface area contributed by atoms with Crippen LogP contribution in [0, 0.1) is 0 Å². The van der Waals surface area contributed by atoms with Crippen LogP contribution in [-0.2, 0) is 0 Å². The van der Waals surface area contributed by atoms with Crippen LogP contribution in [0.2, 0.25) is 5.28 Å². The van der Waals surface area contributed by atoms with Crippen LogP contribution in [0.3, 0.4) is 0 Å². The topological polar surface area (TPSA) is 38.7 Å². The van der Waals surface area contributed by atoms with Crippen LogP contribution in [0.25, 0.3) is 55.8 Å². The lowest BCUT2D eigenvalue weighted by Crippen LogP contribution is -1.99. The van der Waals surface area contributed by atoms with Crippen molar-refractivity contribution in [2.24, 2.45) is 0 Å². The molecule has 3 nitrogen and oxygen atoms in total. The van der Waals surface area contributed by atoms with Gasteiger partial charge in [-0.25, -0.2) is 4.98 Å². The number of rotatable bonds is 4. The molecule has 0 amide bonds. The summed E-state index contributed by atoms with van der Waals surface area (Å²) in [5.41, 5.74) is 6.13. The van der Waals surface area contributed by atoms with Gasteiger partial charge in [0.2, 0.25) is 5.28 Å². The third-order valence-corrected chi connectivity index (χ3v) is 6.28. The number of halogens is 1. The van der Waals surface area contributed by atoms with E-state index in [1.54, 1.807) is 0 Å². The van der Waals surface area contributed by atoms with Gasteiger partial charge >= 0.3 is 0 Å². The molecular formula is C31H20ClN3. The molecule has 0 aliphatic heterocycles. The fourth-order valence-corrected chi connectivity index (χ4v) is 4.67. The van der Waals surface area contributed by atoms with Crippen LogP contribution in [0.15, 0.2) is 121 Å². The monoisotopic (exact) mass is 469 g/mol. The highest BCUT2D eigenvalue weighted by Crippen LogP contribution is 2.36. The van der Waals surface area contributed by atoms with Crippen LogP contribution in [0.4, 0.5) is 0 Å². The van der Waals surface area contributed by atoms with Gasteiger partial charge in [-0.2, -0.15) is 9.97 Å². The molecular weight excluding hydrogens is 450 g/mol. The largest absolute Gasteiger partial charge is 0.226 e. The Hall–Kier alpha value is -4.34. The Labute approximate surface area is 208 Å². The maximum Gasteiger partial charge on any atom is 0.226 e. The third kappa shape index (κ3) is 4.07. The minimum absolute atomic E-state index is 0.167. The van der Waals surface area contributed by atoms with Gasteiger partial charge in [-0.15, -0.1) is 0 Å². The summed E-state index contributed by atoms with van der Waals surface area (Å²) >= 11 is 6.48. The molecule has 6 rings (SSSR count). The number of nitrogens with zero attached hydrogens (tertiary/aromatic N) is 3. The van der Waals surface area contributed by atoms with Crippen molar-refractivity contribution in [3.05, 3.63) is 127 Å². The quantitative estimate of drug-likeness (QED) is 0.260. The zero-order chi connectivity index (χ0) is 23.6. The molecule has 0 saturated carbocycles. The first-order valence-electron chi connectivity index (χ1n) is 11.4. The highest BCUT2D eigenvalue weighted by molar-refractivity contribution is 6.28. The number of hydrogen-bond donors (Lipinski definition) is 0. The van der Waals surface area contributed by atoms with E-state index < -0.39 is 0 Å². The minimum Gasteiger partial charge on any atom is -0.208 e. The highest BCUT2D eigenvalue weighted by atomic mass is 35.5. The zero-order valence-corrected chi connectivity index (χ0v) is 19.5. The van der Waals surface area contributed by atoms with Gasteiger partial charge in [-0.3, -0.25) is 0 Å². The predicted octanol–water partition coefficient (Wildman–Crippen LogP) is 8.35. The molecule has 166 valence electrons. The van der Waals surface area contributed by atoms with Crippen LogP contribution >= 0.6 is 11.6 Å². The summed E-state index contributed by atoms with van der Waals surface area (Å²) in [5, 5.41) is 2.53. The lowest BCUT2D eigenvalue weighted by atomic mass is 9.94. The van der Waals surface area contributed by atoms with Gasteiger partial charge in [0.25, 0.3) is 0 Å². The fraction of sp³-hybridized carbons (Fsp3) is 0. The summed E-state index contributed by atoms with van der Waals surface area (Å²) in [6, 6.07) is 41.2. The third-order valence-electron chi connectivity index (χ3n) is 6.11. The van der Waals surface area contributed by atoms with Crippen molar-refractivity contribution in [2.45, 2.75) is 0 Å². The molecule has 0 fully saturated rings. The lowest BCUT2D eigenvalue weighted by molar-refractivity contribution is 1.07. The van der Waals surface area contributed by atoms with Gasteiger partial charge in [0.05, 0.1) is 0 Å². The van der Waals surface area contributed by atoms with E-state index in [0.717, 1.165) is 33.4 Å². The molecule has 6 aromatic rings. The minimum atomic E-state index is 0.167. The molecule has 35 heavy (non-hydrogen) atoms. The van der Waals surface area contributed by atoms with E-state index >= 15 is 0 Å². The normalized spacial score (nSPS) is 11.0. The molecule has 0 spiro atoms. The maximum absolute atomic E-state index is 6.48. The van der Waals surface area contributed by atoms with Gasteiger partial charge in [-0.05, 0) is 44.6 Å². The molecule has 4 heteroatoms. The Morgan fingerprint density at radius 2 is 0.914 bits per heavy atom. The first-order chi connectivity index (χ1) is 17.3. The van der Waals surface area contributed by atoms with Crippen molar-refractivity contribution >= 4 is 22.4 Å². The van der Waals surface area contributed by atoms with Crippen LogP contribution in [0.1, 0.15) is 0 Å². The number of aromatic nitrogens is 3. The van der Waals surface area contributed by atoms with Crippen molar-refractivity contribution in [2.75, 3.05) is 0 Å². The maximum atomic E-state index is 6.48. The van der Waals surface area contributed by atoms with E-state index in [-0.39, 0.29) is 5.28 Å². The number of benzene rings is 5. The van der Waals surface area contributed by atoms with Gasteiger partial charge in [0.15, 0.2) is 11.6 Å². The first-order valence-corrected chi connectivity index (χ1v) is 11.8. The standard InChI is InChI=1S/C31H20ClN3/c32-31-34-29(27-18-8-6-16-24(27)21-11-2-1-3-12-21)33-30(35-31)28-19-9-7-17-26(28)25-20-10-14-22-13-4-5-15-23(22)25/h1-20H. The van der Waals surface area contributed by atoms with Crippen molar-refractivity contribution in [1.29, 1.82) is 0 Å². The fourth-order valence-electron chi connectivity index (χ4n) is 4.51. The predicted molar refractivity (Wildman–Crippen MR) is 144 cm³/mol. The summed E-state index contributed by atoms with van der Waals surface area (Å²) in [6.07, 6.45) is 0. The molecule has 0 atom stereocenters. The van der Waals surface area contributed by atoms with E-state index in [4.69, 9.17) is 16.6 Å². The molecule has 5 aromatic carbocycles. The van der Waals surface area contributed by atoms with E-state index in [1.807, 2.05) is 54.6 Å². The molecule has 0 bridgehead atoms. The molecule has 0 aliphatic carbocycles. The van der Waals surface area contributed by atoms with Crippen molar-refractivity contribution in [3.63, 3.8) is 0 Å². The van der Waals surface area contributed by atoms with Gasteiger partial charge < -0.3 is 0 Å². The average Bonchev–Trinajstić information content (AvgIpc) is 2.93. The van der Waals surface area contributed by atoms with Gasteiger partial charge in [0.1, 0.15) is 0 Å². The Kier molecular flexibility index (Phi) is 5.53. The number of fused-ring (bicyclic) bond motifs is 1. The van der Waals surface area contributed by atoms with E-state index in [0.29, 0.717) is 11.6 Å². The molecule has 0 saturated heterocycles. The smallest absolute Gasteiger partial charge is 0.208 e. The van der Waals surface area contributed by atoms with E-state index in [1.165, 1.54) is 10.8 Å². The van der Waals surface area contributed by atoms with Crippen LogP contribution in [0.5, 0.6) is 0 Å².